The lowest BCUT2D eigenvalue weighted by Gasteiger charge is -2.39. The molecular formula is C19H37N3O. The van der Waals surface area contributed by atoms with Gasteiger partial charge >= 0.3 is 0 Å². The first-order valence-corrected chi connectivity index (χ1v) is 9.69. The van der Waals surface area contributed by atoms with Crippen LogP contribution in [0.15, 0.2) is 0 Å². The number of piperidine rings is 1. The lowest BCUT2D eigenvalue weighted by atomic mass is 9.94. The molecule has 2 heterocycles. The first-order chi connectivity index (χ1) is 11.0. The van der Waals surface area contributed by atoms with Gasteiger partial charge in [-0.1, -0.05) is 27.7 Å². The molecule has 2 aliphatic heterocycles. The van der Waals surface area contributed by atoms with Gasteiger partial charge in [-0.25, -0.2) is 0 Å². The molecule has 0 aromatic carbocycles. The van der Waals surface area contributed by atoms with E-state index in [9.17, 15) is 4.79 Å². The van der Waals surface area contributed by atoms with E-state index in [1.54, 1.807) is 0 Å². The Bertz CT molecular complexity index is 354. The van der Waals surface area contributed by atoms with Gasteiger partial charge in [-0.2, -0.15) is 0 Å². The quantitative estimate of drug-likeness (QED) is 0.751. The molecule has 0 bridgehead atoms. The predicted molar refractivity (Wildman–Crippen MR) is 96.5 cm³/mol. The van der Waals surface area contributed by atoms with Crippen LogP contribution in [-0.4, -0.2) is 73.0 Å². The molecule has 0 atom stereocenters. The van der Waals surface area contributed by atoms with Crippen LogP contribution in [0, 0.1) is 17.8 Å². The zero-order chi connectivity index (χ0) is 16.8. The van der Waals surface area contributed by atoms with Gasteiger partial charge in [0, 0.05) is 38.6 Å². The number of piperazine rings is 1. The van der Waals surface area contributed by atoms with Gasteiger partial charge in [-0.05, 0) is 50.7 Å². The molecule has 0 spiro atoms. The van der Waals surface area contributed by atoms with Crippen LogP contribution in [0.25, 0.3) is 0 Å². The second-order valence-electron chi connectivity index (χ2n) is 8.32. The van der Waals surface area contributed by atoms with Crippen molar-refractivity contribution in [1.82, 2.24) is 14.7 Å². The van der Waals surface area contributed by atoms with Crippen molar-refractivity contribution in [3.63, 3.8) is 0 Å². The fraction of sp³-hybridized carbons (Fsp3) is 0.947. The molecular weight excluding hydrogens is 286 g/mol. The zero-order valence-corrected chi connectivity index (χ0v) is 15.8. The molecule has 2 aliphatic rings. The molecule has 23 heavy (non-hydrogen) atoms. The third kappa shape index (κ3) is 6.07. The van der Waals surface area contributed by atoms with Crippen LogP contribution in [-0.2, 0) is 4.79 Å². The Morgan fingerprint density at radius 2 is 1.48 bits per heavy atom. The Morgan fingerprint density at radius 3 is 2.00 bits per heavy atom. The van der Waals surface area contributed by atoms with Crippen molar-refractivity contribution in [1.29, 1.82) is 0 Å². The number of rotatable bonds is 6. The van der Waals surface area contributed by atoms with Crippen LogP contribution in [0.2, 0.25) is 0 Å². The Balaban J connectivity index is 1.69. The molecule has 134 valence electrons. The van der Waals surface area contributed by atoms with Gasteiger partial charge in [0.1, 0.15) is 0 Å². The van der Waals surface area contributed by atoms with Crippen LogP contribution in [0.3, 0.4) is 0 Å². The number of likely N-dealkylation sites (tertiary alicyclic amines) is 1. The van der Waals surface area contributed by atoms with E-state index < -0.39 is 0 Å². The van der Waals surface area contributed by atoms with Crippen LogP contribution in [0.4, 0.5) is 0 Å². The van der Waals surface area contributed by atoms with Crippen LogP contribution < -0.4 is 0 Å². The lowest BCUT2D eigenvalue weighted by molar-refractivity contribution is -0.138. The van der Waals surface area contributed by atoms with Crippen molar-refractivity contribution < 1.29 is 4.79 Å². The third-order valence-corrected chi connectivity index (χ3v) is 5.27. The first kappa shape index (κ1) is 18.7. The molecule has 2 saturated heterocycles. The van der Waals surface area contributed by atoms with Crippen molar-refractivity contribution in [3.05, 3.63) is 0 Å². The summed E-state index contributed by atoms with van der Waals surface area (Å²) >= 11 is 0. The molecule has 0 N–H and O–H groups in total. The molecule has 0 aromatic rings. The molecule has 0 radical (unpaired) electrons. The molecule has 0 unspecified atom stereocenters. The second-order valence-corrected chi connectivity index (χ2v) is 8.32. The fourth-order valence-corrected chi connectivity index (χ4v) is 3.77. The maximum absolute atomic E-state index is 12.7. The van der Waals surface area contributed by atoms with Crippen molar-refractivity contribution in [2.24, 2.45) is 17.8 Å². The maximum Gasteiger partial charge on any atom is 0.225 e. The summed E-state index contributed by atoms with van der Waals surface area (Å²) in [5, 5.41) is 0. The summed E-state index contributed by atoms with van der Waals surface area (Å²) in [4.78, 5) is 19.9. The van der Waals surface area contributed by atoms with Gasteiger partial charge in [-0.3, -0.25) is 9.69 Å². The van der Waals surface area contributed by atoms with Gasteiger partial charge in [0.15, 0.2) is 0 Å². The van der Waals surface area contributed by atoms with Gasteiger partial charge in [0.05, 0.1) is 0 Å². The average molecular weight is 324 g/mol. The molecule has 4 nitrogen and oxygen atoms in total. The van der Waals surface area contributed by atoms with Gasteiger partial charge in [0.25, 0.3) is 0 Å². The molecule has 1 amide bonds. The molecule has 0 aliphatic carbocycles. The smallest absolute Gasteiger partial charge is 0.225 e. The summed E-state index contributed by atoms with van der Waals surface area (Å²) in [6.07, 6.45) is 3.38. The van der Waals surface area contributed by atoms with Crippen LogP contribution >= 0.6 is 0 Å². The number of amides is 1. The minimum absolute atomic E-state index is 0.278. The van der Waals surface area contributed by atoms with E-state index in [1.807, 2.05) is 0 Å². The second kappa shape index (κ2) is 9.03. The van der Waals surface area contributed by atoms with Crippen molar-refractivity contribution >= 4 is 5.91 Å². The topological polar surface area (TPSA) is 26.8 Å². The highest BCUT2D eigenvalue weighted by molar-refractivity contribution is 5.79. The molecule has 4 heteroatoms. The van der Waals surface area contributed by atoms with E-state index in [-0.39, 0.29) is 5.92 Å². The molecule has 0 saturated carbocycles. The molecule has 0 aromatic heterocycles. The highest BCUT2D eigenvalue weighted by Crippen LogP contribution is 2.21. The Kier molecular flexibility index (Phi) is 7.35. The first-order valence-electron chi connectivity index (χ1n) is 9.69. The largest absolute Gasteiger partial charge is 0.340 e. The van der Waals surface area contributed by atoms with Crippen LogP contribution in [0.1, 0.15) is 47.0 Å². The van der Waals surface area contributed by atoms with E-state index >= 15 is 0 Å². The van der Waals surface area contributed by atoms with E-state index in [4.69, 9.17) is 0 Å². The SMILES string of the molecule is CC(C)CCN1CCN(C(=O)C2CCN(CC(C)C)CC2)CC1. The molecule has 2 rings (SSSR count). The summed E-state index contributed by atoms with van der Waals surface area (Å²) in [6.45, 7) is 17.7. The number of carbonyl (C=O) groups is 1. The third-order valence-electron chi connectivity index (χ3n) is 5.27. The average Bonchev–Trinajstić information content (AvgIpc) is 2.53. The van der Waals surface area contributed by atoms with Crippen LogP contribution in [0.5, 0.6) is 0 Å². The predicted octanol–water partition coefficient (Wildman–Crippen LogP) is 2.54. The van der Waals surface area contributed by atoms with E-state index in [2.05, 4.69) is 42.4 Å². The van der Waals surface area contributed by atoms with E-state index in [0.29, 0.717) is 5.91 Å². The number of hydrogen-bond acceptors (Lipinski definition) is 3. The normalized spacial score (nSPS) is 22.3. The summed E-state index contributed by atoms with van der Waals surface area (Å²) in [7, 11) is 0. The van der Waals surface area contributed by atoms with Gasteiger partial charge in [0.2, 0.25) is 5.91 Å². The van der Waals surface area contributed by atoms with Gasteiger partial charge < -0.3 is 9.80 Å². The lowest BCUT2D eigenvalue weighted by Crippen LogP contribution is -2.51. The minimum Gasteiger partial charge on any atom is -0.340 e. The Hall–Kier alpha value is -0.610. The van der Waals surface area contributed by atoms with Crippen molar-refractivity contribution in [2.75, 3.05) is 52.4 Å². The Morgan fingerprint density at radius 1 is 0.870 bits per heavy atom. The monoisotopic (exact) mass is 323 g/mol. The summed E-state index contributed by atoms with van der Waals surface area (Å²) in [5.41, 5.74) is 0. The fourth-order valence-electron chi connectivity index (χ4n) is 3.77. The van der Waals surface area contributed by atoms with Crippen molar-refractivity contribution in [3.8, 4) is 0 Å². The number of hydrogen-bond donors (Lipinski definition) is 0. The van der Waals surface area contributed by atoms with E-state index in [0.717, 1.165) is 63.9 Å². The summed E-state index contributed by atoms with van der Waals surface area (Å²) in [6, 6.07) is 0. The summed E-state index contributed by atoms with van der Waals surface area (Å²) < 4.78 is 0. The summed E-state index contributed by atoms with van der Waals surface area (Å²) in [5.74, 6) is 2.20. The van der Waals surface area contributed by atoms with Crippen molar-refractivity contribution in [2.45, 2.75) is 47.0 Å². The van der Waals surface area contributed by atoms with E-state index in [1.165, 1.54) is 19.5 Å². The highest BCUT2D eigenvalue weighted by Gasteiger charge is 2.30. The standard InChI is InChI=1S/C19H37N3O/c1-16(2)5-8-20-11-13-22(14-12-20)19(23)18-6-9-21(10-7-18)15-17(3)4/h16-18H,5-15H2,1-4H3. The Labute approximate surface area is 143 Å². The molecule has 2 fully saturated rings. The van der Waals surface area contributed by atoms with Gasteiger partial charge in [-0.15, -0.1) is 0 Å². The highest BCUT2D eigenvalue weighted by atomic mass is 16.2. The zero-order valence-electron chi connectivity index (χ0n) is 15.8. The number of carbonyl (C=O) groups excluding carboxylic acids is 1. The number of nitrogens with zero attached hydrogens (tertiary/aromatic N) is 3. The minimum atomic E-state index is 0.278. The maximum atomic E-state index is 12.7.